The van der Waals surface area contributed by atoms with Crippen LogP contribution in [0.25, 0.3) is 5.52 Å². The SMILES string of the molecule is CC1(C)CC(=O)c2cc(C#Cc3cc4ccccn4n3)cnc2C1. The van der Waals surface area contributed by atoms with Crippen molar-refractivity contribution in [3.63, 3.8) is 0 Å². The Bertz CT molecular complexity index is 985. The van der Waals surface area contributed by atoms with Gasteiger partial charge >= 0.3 is 0 Å². The average Bonchev–Trinajstić information content (AvgIpc) is 2.95. The highest BCUT2D eigenvalue weighted by Gasteiger charge is 2.31. The molecule has 4 nitrogen and oxygen atoms in total. The molecule has 0 aliphatic heterocycles. The van der Waals surface area contributed by atoms with Gasteiger partial charge in [-0.05, 0) is 42.0 Å². The Balaban J connectivity index is 1.67. The van der Waals surface area contributed by atoms with Crippen molar-refractivity contribution in [1.82, 2.24) is 14.6 Å². The summed E-state index contributed by atoms with van der Waals surface area (Å²) in [6.07, 6.45) is 5.02. The first kappa shape index (κ1) is 14.6. The topological polar surface area (TPSA) is 47.3 Å². The van der Waals surface area contributed by atoms with Gasteiger partial charge in [-0.3, -0.25) is 9.78 Å². The van der Waals surface area contributed by atoms with E-state index in [0.717, 1.165) is 28.8 Å². The van der Waals surface area contributed by atoms with Crippen LogP contribution >= 0.6 is 0 Å². The molecule has 3 aromatic heterocycles. The number of Topliss-reactive ketones (excluding diaryl/α,β-unsaturated/α-hetero) is 1. The summed E-state index contributed by atoms with van der Waals surface area (Å²) in [6, 6.07) is 9.68. The summed E-state index contributed by atoms with van der Waals surface area (Å²) in [7, 11) is 0. The summed E-state index contributed by atoms with van der Waals surface area (Å²) in [6.45, 7) is 4.21. The van der Waals surface area contributed by atoms with Crippen LogP contribution in [-0.4, -0.2) is 20.4 Å². The zero-order valence-corrected chi connectivity index (χ0v) is 13.7. The number of rotatable bonds is 0. The van der Waals surface area contributed by atoms with Gasteiger partial charge in [-0.1, -0.05) is 25.8 Å². The van der Waals surface area contributed by atoms with Crippen molar-refractivity contribution >= 4 is 11.3 Å². The van der Waals surface area contributed by atoms with Crippen molar-refractivity contribution in [2.24, 2.45) is 5.41 Å². The first-order valence-corrected chi connectivity index (χ1v) is 7.99. The van der Waals surface area contributed by atoms with E-state index in [1.54, 1.807) is 10.7 Å². The zero-order valence-electron chi connectivity index (χ0n) is 13.7. The molecule has 0 fully saturated rings. The van der Waals surface area contributed by atoms with E-state index >= 15 is 0 Å². The smallest absolute Gasteiger partial charge is 0.165 e. The molecule has 0 aromatic carbocycles. The number of carbonyl (C=O) groups excluding carboxylic acids is 1. The number of fused-ring (bicyclic) bond motifs is 2. The molecule has 0 atom stereocenters. The van der Waals surface area contributed by atoms with Gasteiger partial charge in [-0.25, -0.2) is 4.52 Å². The Morgan fingerprint density at radius 3 is 2.88 bits per heavy atom. The third-order valence-corrected chi connectivity index (χ3v) is 4.26. The van der Waals surface area contributed by atoms with E-state index in [0.29, 0.717) is 12.1 Å². The highest BCUT2D eigenvalue weighted by molar-refractivity contribution is 5.98. The van der Waals surface area contributed by atoms with Gasteiger partial charge in [0.05, 0.1) is 11.2 Å². The lowest BCUT2D eigenvalue weighted by atomic mass is 9.75. The van der Waals surface area contributed by atoms with Gasteiger partial charge in [-0.15, -0.1) is 0 Å². The van der Waals surface area contributed by atoms with Crippen molar-refractivity contribution in [2.75, 3.05) is 0 Å². The molecule has 0 radical (unpaired) electrons. The first-order valence-electron chi connectivity index (χ1n) is 7.99. The van der Waals surface area contributed by atoms with E-state index in [9.17, 15) is 4.79 Å². The van der Waals surface area contributed by atoms with Crippen LogP contribution in [0.2, 0.25) is 0 Å². The van der Waals surface area contributed by atoms with E-state index in [-0.39, 0.29) is 11.2 Å². The van der Waals surface area contributed by atoms with Gasteiger partial charge in [0.2, 0.25) is 0 Å². The van der Waals surface area contributed by atoms with Crippen LogP contribution < -0.4 is 0 Å². The third kappa shape index (κ3) is 2.69. The molecule has 0 amide bonds. The molecule has 1 aliphatic rings. The lowest BCUT2D eigenvalue weighted by molar-refractivity contribution is 0.0910. The monoisotopic (exact) mass is 315 g/mol. The van der Waals surface area contributed by atoms with Gasteiger partial charge in [0.15, 0.2) is 5.78 Å². The maximum Gasteiger partial charge on any atom is 0.165 e. The number of ketones is 1. The maximum atomic E-state index is 12.3. The fourth-order valence-corrected chi connectivity index (χ4v) is 3.12. The van der Waals surface area contributed by atoms with E-state index in [1.165, 1.54) is 0 Å². The molecule has 0 saturated heterocycles. The highest BCUT2D eigenvalue weighted by atomic mass is 16.1. The number of hydrogen-bond donors (Lipinski definition) is 0. The molecule has 118 valence electrons. The molecule has 0 spiro atoms. The molecular weight excluding hydrogens is 298 g/mol. The summed E-state index contributed by atoms with van der Waals surface area (Å²) < 4.78 is 1.79. The summed E-state index contributed by atoms with van der Waals surface area (Å²) in [4.78, 5) is 16.8. The van der Waals surface area contributed by atoms with Gasteiger partial charge in [0.1, 0.15) is 5.69 Å². The number of nitrogens with zero attached hydrogens (tertiary/aromatic N) is 3. The Hall–Kier alpha value is -2.93. The maximum absolute atomic E-state index is 12.3. The van der Waals surface area contributed by atoms with Crippen LogP contribution in [0.4, 0.5) is 0 Å². The molecule has 0 saturated carbocycles. The number of pyridine rings is 2. The van der Waals surface area contributed by atoms with Crippen molar-refractivity contribution in [2.45, 2.75) is 26.7 Å². The standard InChI is InChI=1S/C20H17N3O/c1-20(2)11-18-17(19(24)12-20)9-14(13-21-18)6-7-15-10-16-5-3-4-8-23(16)22-15/h3-5,8-10,13H,11-12H2,1-2H3. The van der Waals surface area contributed by atoms with Crippen molar-refractivity contribution in [3.8, 4) is 11.8 Å². The van der Waals surface area contributed by atoms with Gasteiger partial charge < -0.3 is 0 Å². The van der Waals surface area contributed by atoms with Crippen molar-refractivity contribution in [3.05, 3.63) is 65.2 Å². The molecular formula is C20H17N3O. The predicted molar refractivity (Wildman–Crippen MR) is 91.8 cm³/mol. The second-order valence-corrected chi connectivity index (χ2v) is 7.01. The molecule has 3 aromatic rings. The minimum atomic E-state index is -0.0131. The lowest BCUT2D eigenvalue weighted by Gasteiger charge is -2.29. The zero-order chi connectivity index (χ0) is 16.7. The van der Waals surface area contributed by atoms with Crippen LogP contribution in [0.1, 0.15) is 47.6 Å². The minimum Gasteiger partial charge on any atom is -0.294 e. The molecule has 0 unspecified atom stereocenters. The number of aromatic nitrogens is 3. The van der Waals surface area contributed by atoms with Gasteiger partial charge in [0.25, 0.3) is 0 Å². The third-order valence-electron chi connectivity index (χ3n) is 4.26. The van der Waals surface area contributed by atoms with E-state index < -0.39 is 0 Å². The molecule has 1 aliphatic carbocycles. The summed E-state index contributed by atoms with van der Waals surface area (Å²) >= 11 is 0. The van der Waals surface area contributed by atoms with Gasteiger partial charge in [-0.2, -0.15) is 5.10 Å². The second-order valence-electron chi connectivity index (χ2n) is 7.01. The molecule has 3 heterocycles. The lowest BCUT2D eigenvalue weighted by Crippen LogP contribution is -2.27. The Labute approximate surface area is 140 Å². The Morgan fingerprint density at radius 1 is 1.17 bits per heavy atom. The van der Waals surface area contributed by atoms with Crippen LogP contribution in [0.3, 0.4) is 0 Å². The van der Waals surface area contributed by atoms with Crippen LogP contribution in [0.5, 0.6) is 0 Å². The molecule has 4 heteroatoms. The molecule has 0 N–H and O–H groups in total. The number of hydrogen-bond acceptors (Lipinski definition) is 3. The fourth-order valence-electron chi connectivity index (χ4n) is 3.12. The van der Waals surface area contributed by atoms with E-state index in [4.69, 9.17) is 0 Å². The van der Waals surface area contributed by atoms with E-state index in [1.807, 2.05) is 36.5 Å². The summed E-state index contributed by atoms with van der Waals surface area (Å²) in [5, 5.41) is 4.40. The normalized spacial score (nSPS) is 15.7. The van der Waals surface area contributed by atoms with Crippen molar-refractivity contribution in [1.29, 1.82) is 0 Å². The quantitative estimate of drug-likeness (QED) is 0.598. The summed E-state index contributed by atoms with van der Waals surface area (Å²) in [5.41, 5.74) is 4.04. The van der Waals surface area contributed by atoms with E-state index in [2.05, 4.69) is 35.8 Å². The minimum absolute atomic E-state index is 0.0131. The predicted octanol–water partition coefficient (Wildman–Crippen LogP) is 3.28. The highest BCUT2D eigenvalue weighted by Crippen LogP contribution is 2.33. The molecule has 4 rings (SSSR count). The van der Waals surface area contributed by atoms with Crippen LogP contribution in [0.15, 0.2) is 42.7 Å². The molecule has 0 bridgehead atoms. The Kier molecular flexibility index (Phi) is 3.24. The van der Waals surface area contributed by atoms with Crippen LogP contribution in [0, 0.1) is 17.3 Å². The van der Waals surface area contributed by atoms with Crippen LogP contribution in [-0.2, 0) is 6.42 Å². The summed E-state index contributed by atoms with van der Waals surface area (Å²) in [5.74, 6) is 6.29. The number of carbonyl (C=O) groups is 1. The van der Waals surface area contributed by atoms with Crippen molar-refractivity contribution < 1.29 is 4.79 Å². The average molecular weight is 315 g/mol. The van der Waals surface area contributed by atoms with Gasteiger partial charge in [0, 0.05) is 29.9 Å². The first-order chi connectivity index (χ1) is 11.5. The molecule has 24 heavy (non-hydrogen) atoms. The fraction of sp³-hybridized carbons (Fsp3) is 0.250. The largest absolute Gasteiger partial charge is 0.294 e. The second kappa shape index (κ2) is 5.31. The Morgan fingerprint density at radius 2 is 2.04 bits per heavy atom.